The van der Waals surface area contributed by atoms with Gasteiger partial charge in [0.25, 0.3) is 0 Å². The van der Waals surface area contributed by atoms with E-state index in [2.05, 4.69) is 15.0 Å². The maximum atomic E-state index is 5.35. The molecule has 0 amide bonds. The van der Waals surface area contributed by atoms with Gasteiger partial charge < -0.3 is 10.2 Å². The molecule has 0 atom stereocenters. The summed E-state index contributed by atoms with van der Waals surface area (Å²) in [4.78, 5) is 11.6. The number of oxazole rings is 1. The van der Waals surface area contributed by atoms with Crippen molar-refractivity contribution in [3.8, 4) is 11.5 Å². The van der Waals surface area contributed by atoms with Gasteiger partial charge in [0, 0.05) is 12.4 Å². The van der Waals surface area contributed by atoms with E-state index in [1.54, 1.807) is 12.4 Å². The van der Waals surface area contributed by atoms with Crippen molar-refractivity contribution in [1.29, 1.82) is 0 Å². The van der Waals surface area contributed by atoms with Gasteiger partial charge in [0.1, 0.15) is 6.33 Å². The lowest BCUT2D eigenvalue weighted by Gasteiger charge is -1.90. The monoisotopic (exact) mass is 162 g/mol. The second-order valence-corrected chi connectivity index (χ2v) is 2.19. The van der Waals surface area contributed by atoms with Gasteiger partial charge in [-0.25, -0.2) is 15.0 Å². The molecule has 60 valence electrons. The molecule has 0 saturated carbocycles. The predicted octanol–water partition coefficient (Wildman–Crippen LogP) is 0.714. The number of nitrogens with zero attached hydrogens (tertiary/aromatic N) is 3. The Bertz CT molecular complexity index is 370. The predicted molar refractivity (Wildman–Crippen MR) is 41.9 cm³/mol. The normalized spacial score (nSPS) is 10.0. The summed E-state index contributed by atoms with van der Waals surface area (Å²) in [5, 5.41) is 0. The van der Waals surface area contributed by atoms with Crippen LogP contribution in [0.4, 0.5) is 5.88 Å². The molecular formula is C7H6N4O. The third-order valence-corrected chi connectivity index (χ3v) is 1.33. The molecule has 2 aromatic rings. The van der Waals surface area contributed by atoms with Gasteiger partial charge in [0.15, 0.2) is 0 Å². The van der Waals surface area contributed by atoms with Crippen molar-refractivity contribution in [3.05, 3.63) is 24.9 Å². The fourth-order valence-corrected chi connectivity index (χ4v) is 0.830. The van der Waals surface area contributed by atoms with Crippen molar-refractivity contribution >= 4 is 5.88 Å². The summed E-state index contributed by atoms with van der Waals surface area (Å²) in [5.74, 6) is 0.724. The Balaban J connectivity index is 2.45. The first kappa shape index (κ1) is 6.78. The average molecular weight is 162 g/mol. The van der Waals surface area contributed by atoms with E-state index < -0.39 is 0 Å². The van der Waals surface area contributed by atoms with E-state index in [0.717, 1.165) is 0 Å². The quantitative estimate of drug-likeness (QED) is 0.668. The first-order valence-electron chi connectivity index (χ1n) is 3.33. The maximum Gasteiger partial charge on any atom is 0.231 e. The Morgan fingerprint density at radius 3 is 2.50 bits per heavy atom. The zero-order chi connectivity index (χ0) is 8.39. The van der Waals surface area contributed by atoms with Crippen LogP contribution in [0.25, 0.3) is 11.5 Å². The Morgan fingerprint density at radius 1 is 1.17 bits per heavy atom. The summed E-state index contributed by atoms with van der Waals surface area (Å²) >= 11 is 0. The van der Waals surface area contributed by atoms with Gasteiger partial charge in [-0.15, -0.1) is 0 Å². The van der Waals surface area contributed by atoms with Gasteiger partial charge in [0.05, 0.1) is 11.8 Å². The lowest BCUT2D eigenvalue weighted by atomic mass is 10.3. The van der Waals surface area contributed by atoms with Crippen LogP contribution < -0.4 is 5.73 Å². The first-order valence-corrected chi connectivity index (χ1v) is 3.33. The number of rotatable bonds is 1. The second kappa shape index (κ2) is 2.61. The topological polar surface area (TPSA) is 77.8 Å². The molecule has 5 nitrogen and oxygen atoms in total. The molecule has 0 aromatic carbocycles. The first-order chi connectivity index (χ1) is 5.86. The maximum absolute atomic E-state index is 5.35. The van der Waals surface area contributed by atoms with Crippen molar-refractivity contribution in [3.63, 3.8) is 0 Å². The van der Waals surface area contributed by atoms with Crippen LogP contribution >= 0.6 is 0 Å². The van der Waals surface area contributed by atoms with Crippen LogP contribution in [-0.2, 0) is 0 Å². The minimum atomic E-state index is 0.286. The fourth-order valence-electron chi connectivity index (χ4n) is 0.830. The molecule has 2 aromatic heterocycles. The van der Waals surface area contributed by atoms with Crippen LogP contribution in [0.3, 0.4) is 0 Å². The lowest BCUT2D eigenvalue weighted by molar-refractivity contribution is 0.593. The molecule has 2 N–H and O–H groups in total. The van der Waals surface area contributed by atoms with Crippen molar-refractivity contribution < 1.29 is 4.42 Å². The van der Waals surface area contributed by atoms with Gasteiger partial charge in [-0.3, -0.25) is 0 Å². The summed E-state index contributed by atoms with van der Waals surface area (Å²) in [7, 11) is 0. The molecule has 2 heterocycles. The van der Waals surface area contributed by atoms with E-state index in [0.29, 0.717) is 11.5 Å². The lowest BCUT2D eigenvalue weighted by Crippen LogP contribution is -1.81. The standard InChI is InChI=1S/C7H6N4O/c8-6-3-11-7(12-6)5-1-9-4-10-2-5/h1-4H,8H2. The Morgan fingerprint density at radius 2 is 1.92 bits per heavy atom. The number of nitrogen functional groups attached to an aromatic ring is 1. The minimum Gasteiger partial charge on any atom is -0.421 e. The van der Waals surface area contributed by atoms with Gasteiger partial charge >= 0.3 is 0 Å². The van der Waals surface area contributed by atoms with Gasteiger partial charge in [-0.2, -0.15) is 0 Å². The van der Waals surface area contributed by atoms with Crippen molar-refractivity contribution in [2.75, 3.05) is 5.73 Å². The summed E-state index contributed by atoms with van der Waals surface area (Å²) in [6.07, 6.45) is 6.11. The van der Waals surface area contributed by atoms with E-state index in [1.807, 2.05) is 0 Å². The second-order valence-electron chi connectivity index (χ2n) is 2.19. The van der Waals surface area contributed by atoms with Gasteiger partial charge in [0.2, 0.25) is 11.8 Å². The highest BCUT2D eigenvalue weighted by atomic mass is 16.4. The van der Waals surface area contributed by atoms with E-state index in [9.17, 15) is 0 Å². The van der Waals surface area contributed by atoms with Crippen LogP contribution in [0.1, 0.15) is 0 Å². The minimum absolute atomic E-state index is 0.286. The summed E-state index contributed by atoms with van der Waals surface area (Å²) in [6.45, 7) is 0. The van der Waals surface area contributed by atoms with E-state index in [1.165, 1.54) is 12.5 Å². The summed E-state index contributed by atoms with van der Waals surface area (Å²) < 4.78 is 5.06. The third kappa shape index (κ3) is 1.12. The Kier molecular flexibility index (Phi) is 1.48. The van der Waals surface area contributed by atoms with Gasteiger partial charge in [-0.05, 0) is 0 Å². The molecule has 2 rings (SSSR count). The van der Waals surface area contributed by atoms with Crippen LogP contribution in [0.2, 0.25) is 0 Å². The molecule has 12 heavy (non-hydrogen) atoms. The number of hydrogen-bond acceptors (Lipinski definition) is 5. The van der Waals surface area contributed by atoms with E-state index in [-0.39, 0.29) is 5.88 Å². The summed E-state index contributed by atoms with van der Waals surface area (Å²) in [6, 6.07) is 0. The van der Waals surface area contributed by atoms with E-state index in [4.69, 9.17) is 10.2 Å². The molecule has 0 fully saturated rings. The molecule has 0 aliphatic heterocycles. The fraction of sp³-hybridized carbons (Fsp3) is 0. The molecule has 0 aliphatic rings. The average Bonchev–Trinajstić information content (AvgIpc) is 2.54. The van der Waals surface area contributed by atoms with Gasteiger partial charge in [-0.1, -0.05) is 0 Å². The van der Waals surface area contributed by atoms with Crippen molar-refractivity contribution in [1.82, 2.24) is 15.0 Å². The van der Waals surface area contributed by atoms with Crippen LogP contribution in [0, 0.1) is 0 Å². The number of hydrogen-bond donors (Lipinski definition) is 1. The Labute approximate surface area is 68.3 Å². The Hall–Kier alpha value is -1.91. The highest BCUT2D eigenvalue weighted by molar-refractivity contribution is 5.50. The third-order valence-electron chi connectivity index (χ3n) is 1.33. The zero-order valence-electron chi connectivity index (χ0n) is 6.14. The van der Waals surface area contributed by atoms with Crippen LogP contribution in [-0.4, -0.2) is 15.0 Å². The molecule has 0 radical (unpaired) electrons. The highest BCUT2D eigenvalue weighted by Gasteiger charge is 2.03. The highest BCUT2D eigenvalue weighted by Crippen LogP contribution is 2.17. The largest absolute Gasteiger partial charge is 0.421 e. The molecular weight excluding hydrogens is 156 g/mol. The van der Waals surface area contributed by atoms with Crippen molar-refractivity contribution in [2.45, 2.75) is 0 Å². The van der Waals surface area contributed by atoms with E-state index >= 15 is 0 Å². The van der Waals surface area contributed by atoms with Crippen molar-refractivity contribution in [2.24, 2.45) is 0 Å². The zero-order valence-corrected chi connectivity index (χ0v) is 6.14. The smallest absolute Gasteiger partial charge is 0.231 e. The number of aromatic nitrogens is 3. The van der Waals surface area contributed by atoms with Crippen LogP contribution in [0.5, 0.6) is 0 Å². The molecule has 0 unspecified atom stereocenters. The van der Waals surface area contributed by atoms with Crippen LogP contribution in [0.15, 0.2) is 29.3 Å². The molecule has 0 aliphatic carbocycles. The SMILES string of the molecule is Nc1cnc(-c2cncnc2)o1. The number of nitrogens with two attached hydrogens (primary N) is 1. The molecule has 0 bridgehead atoms. The number of anilines is 1. The molecule has 0 spiro atoms. The molecule has 0 saturated heterocycles. The molecule has 5 heteroatoms. The summed E-state index contributed by atoms with van der Waals surface area (Å²) in [5.41, 5.74) is 6.06.